The average molecular weight is 263 g/mol. The molecular weight excluding hydrogens is 246 g/mol. The lowest BCUT2D eigenvalue weighted by molar-refractivity contribution is 0.591. The summed E-state index contributed by atoms with van der Waals surface area (Å²) in [6.45, 7) is 4.03. The average Bonchev–Trinajstić information content (AvgIpc) is 2.61. The van der Waals surface area contributed by atoms with E-state index in [1.54, 1.807) is 0 Å². The highest BCUT2D eigenvalue weighted by atomic mass is 32.2. The smallest absolute Gasteiger partial charge is 0.147 e. The molecule has 0 spiro atoms. The molecule has 92 valence electrons. The molecule has 0 amide bonds. The maximum atomic E-state index is 11.0. The molecule has 0 saturated heterocycles. The Bertz CT molecular complexity index is 439. The third kappa shape index (κ3) is 3.80. The first-order chi connectivity index (χ1) is 7.31. The standard InChI is InChI=1S/C9H17N3O2S2/c1-6(2)8-9(15-12-11-8)7(10)4-5-16(3,13)14/h6-7H,4-5,10H2,1-3H3. The van der Waals surface area contributed by atoms with Crippen molar-refractivity contribution in [2.75, 3.05) is 12.0 Å². The lowest BCUT2D eigenvalue weighted by Gasteiger charge is -2.11. The van der Waals surface area contributed by atoms with Crippen LogP contribution in [0.15, 0.2) is 0 Å². The molecule has 7 heteroatoms. The molecule has 1 aromatic heterocycles. The summed E-state index contributed by atoms with van der Waals surface area (Å²) < 4.78 is 26.0. The minimum atomic E-state index is -2.96. The second kappa shape index (κ2) is 5.20. The van der Waals surface area contributed by atoms with Crippen molar-refractivity contribution < 1.29 is 8.42 Å². The van der Waals surface area contributed by atoms with Gasteiger partial charge in [0.15, 0.2) is 0 Å². The Morgan fingerprint density at radius 1 is 1.44 bits per heavy atom. The Labute approximate surface area is 100 Å². The molecule has 0 radical (unpaired) electrons. The Kier molecular flexibility index (Phi) is 4.40. The highest BCUT2D eigenvalue weighted by molar-refractivity contribution is 7.90. The molecule has 1 heterocycles. The van der Waals surface area contributed by atoms with E-state index in [1.165, 1.54) is 17.8 Å². The molecule has 0 aliphatic rings. The van der Waals surface area contributed by atoms with Gasteiger partial charge in [0.2, 0.25) is 0 Å². The third-order valence-corrected chi connectivity index (χ3v) is 4.07. The predicted octanol–water partition coefficient (Wildman–Crippen LogP) is 1.10. The maximum Gasteiger partial charge on any atom is 0.147 e. The van der Waals surface area contributed by atoms with Gasteiger partial charge in [-0.05, 0) is 23.9 Å². The number of nitrogens with two attached hydrogens (primary N) is 1. The monoisotopic (exact) mass is 263 g/mol. The fraction of sp³-hybridized carbons (Fsp3) is 0.778. The van der Waals surface area contributed by atoms with Crippen LogP contribution in [0.1, 0.15) is 42.8 Å². The highest BCUT2D eigenvalue weighted by Crippen LogP contribution is 2.26. The van der Waals surface area contributed by atoms with Crippen molar-refractivity contribution in [3.63, 3.8) is 0 Å². The molecule has 0 aromatic carbocycles. The number of nitrogens with zero attached hydrogens (tertiary/aromatic N) is 2. The van der Waals surface area contributed by atoms with Gasteiger partial charge >= 0.3 is 0 Å². The van der Waals surface area contributed by atoms with Crippen LogP contribution in [-0.2, 0) is 9.84 Å². The molecule has 5 nitrogen and oxygen atoms in total. The van der Waals surface area contributed by atoms with Gasteiger partial charge in [0.25, 0.3) is 0 Å². The SMILES string of the molecule is CC(C)c1nnsc1C(N)CCS(C)(=O)=O. The molecule has 0 saturated carbocycles. The quantitative estimate of drug-likeness (QED) is 0.859. The van der Waals surface area contributed by atoms with E-state index in [0.717, 1.165) is 10.6 Å². The first-order valence-electron chi connectivity index (χ1n) is 5.06. The van der Waals surface area contributed by atoms with Gasteiger partial charge in [-0.25, -0.2) is 8.42 Å². The zero-order valence-electron chi connectivity index (χ0n) is 9.67. The first kappa shape index (κ1) is 13.5. The van der Waals surface area contributed by atoms with Crippen molar-refractivity contribution in [3.8, 4) is 0 Å². The van der Waals surface area contributed by atoms with Crippen molar-refractivity contribution in [2.45, 2.75) is 32.2 Å². The molecule has 1 rings (SSSR count). The van der Waals surface area contributed by atoms with Crippen LogP contribution in [0, 0.1) is 0 Å². The first-order valence-corrected chi connectivity index (χ1v) is 7.90. The Hall–Kier alpha value is -0.530. The molecule has 16 heavy (non-hydrogen) atoms. The summed E-state index contributed by atoms with van der Waals surface area (Å²) >= 11 is 1.26. The minimum absolute atomic E-state index is 0.101. The van der Waals surface area contributed by atoms with Crippen molar-refractivity contribution >= 4 is 21.4 Å². The van der Waals surface area contributed by atoms with Gasteiger partial charge < -0.3 is 5.73 Å². The number of hydrogen-bond acceptors (Lipinski definition) is 6. The third-order valence-electron chi connectivity index (χ3n) is 2.22. The molecular formula is C9H17N3O2S2. The highest BCUT2D eigenvalue weighted by Gasteiger charge is 2.19. The van der Waals surface area contributed by atoms with E-state index in [4.69, 9.17) is 5.73 Å². The number of aromatic nitrogens is 2. The van der Waals surface area contributed by atoms with Crippen LogP contribution in [0.3, 0.4) is 0 Å². The van der Waals surface area contributed by atoms with E-state index in [1.807, 2.05) is 13.8 Å². The lowest BCUT2D eigenvalue weighted by atomic mass is 10.1. The summed E-state index contributed by atoms with van der Waals surface area (Å²) in [7, 11) is -2.96. The van der Waals surface area contributed by atoms with Crippen LogP contribution >= 0.6 is 11.5 Å². The summed E-state index contributed by atoms with van der Waals surface area (Å²) in [6.07, 6.45) is 1.64. The van der Waals surface area contributed by atoms with E-state index in [9.17, 15) is 8.42 Å². The Morgan fingerprint density at radius 2 is 2.06 bits per heavy atom. The van der Waals surface area contributed by atoms with Crippen LogP contribution in [0.25, 0.3) is 0 Å². The van der Waals surface area contributed by atoms with Crippen molar-refractivity contribution in [1.82, 2.24) is 9.59 Å². The number of hydrogen-bond donors (Lipinski definition) is 1. The lowest BCUT2D eigenvalue weighted by Crippen LogP contribution is -2.16. The van der Waals surface area contributed by atoms with Gasteiger partial charge in [-0.1, -0.05) is 18.3 Å². The number of rotatable bonds is 5. The van der Waals surface area contributed by atoms with Crippen molar-refractivity contribution in [1.29, 1.82) is 0 Å². The topological polar surface area (TPSA) is 85.9 Å². The van der Waals surface area contributed by atoms with Gasteiger partial charge in [-0.3, -0.25) is 0 Å². The normalized spacial score (nSPS) is 14.3. The van der Waals surface area contributed by atoms with Gasteiger partial charge in [0.1, 0.15) is 9.84 Å². The Morgan fingerprint density at radius 3 is 2.56 bits per heavy atom. The minimum Gasteiger partial charge on any atom is -0.323 e. The van der Waals surface area contributed by atoms with Crippen LogP contribution < -0.4 is 5.73 Å². The van der Waals surface area contributed by atoms with Crippen LogP contribution in [-0.4, -0.2) is 30.0 Å². The van der Waals surface area contributed by atoms with E-state index in [-0.39, 0.29) is 17.7 Å². The number of sulfone groups is 1. The Balaban J connectivity index is 2.73. The van der Waals surface area contributed by atoms with Gasteiger partial charge in [-0.2, -0.15) is 0 Å². The second-order valence-electron chi connectivity index (χ2n) is 4.20. The molecule has 0 aliphatic carbocycles. The fourth-order valence-corrected chi connectivity index (χ4v) is 2.86. The summed E-state index contributed by atoms with van der Waals surface area (Å²) in [5, 5.41) is 4.02. The van der Waals surface area contributed by atoms with E-state index in [2.05, 4.69) is 9.59 Å². The molecule has 1 unspecified atom stereocenters. The van der Waals surface area contributed by atoms with E-state index in [0.29, 0.717) is 6.42 Å². The molecule has 2 N–H and O–H groups in total. The molecule has 0 fully saturated rings. The van der Waals surface area contributed by atoms with Crippen LogP contribution in [0.4, 0.5) is 0 Å². The van der Waals surface area contributed by atoms with Crippen LogP contribution in [0.2, 0.25) is 0 Å². The zero-order valence-corrected chi connectivity index (χ0v) is 11.3. The molecule has 1 atom stereocenters. The molecule has 0 bridgehead atoms. The van der Waals surface area contributed by atoms with E-state index < -0.39 is 9.84 Å². The maximum absolute atomic E-state index is 11.0. The summed E-state index contributed by atoms with van der Waals surface area (Å²) in [5.41, 5.74) is 6.83. The van der Waals surface area contributed by atoms with Crippen LogP contribution in [0.5, 0.6) is 0 Å². The molecule has 0 aliphatic heterocycles. The van der Waals surface area contributed by atoms with E-state index >= 15 is 0 Å². The van der Waals surface area contributed by atoms with Gasteiger partial charge in [0, 0.05) is 12.3 Å². The molecule has 1 aromatic rings. The zero-order chi connectivity index (χ0) is 12.3. The fourth-order valence-electron chi connectivity index (χ4n) is 1.33. The van der Waals surface area contributed by atoms with Gasteiger partial charge in [-0.15, -0.1) is 5.10 Å². The summed E-state index contributed by atoms with van der Waals surface area (Å²) in [5.74, 6) is 0.363. The summed E-state index contributed by atoms with van der Waals surface area (Å²) in [6, 6.07) is -0.285. The summed E-state index contributed by atoms with van der Waals surface area (Å²) in [4.78, 5) is 0.902. The predicted molar refractivity (Wildman–Crippen MR) is 65.3 cm³/mol. The van der Waals surface area contributed by atoms with Crippen molar-refractivity contribution in [2.24, 2.45) is 5.73 Å². The van der Waals surface area contributed by atoms with Gasteiger partial charge in [0.05, 0.1) is 16.3 Å². The largest absolute Gasteiger partial charge is 0.323 e. The van der Waals surface area contributed by atoms with Crippen molar-refractivity contribution in [3.05, 3.63) is 10.6 Å². The second-order valence-corrected chi connectivity index (χ2v) is 7.25.